The van der Waals surface area contributed by atoms with E-state index in [1.165, 1.54) is 0 Å². The molecule has 0 saturated carbocycles. The lowest BCUT2D eigenvalue weighted by molar-refractivity contribution is 1.21. The highest BCUT2D eigenvalue weighted by molar-refractivity contribution is 6.13. The molecule has 0 aromatic heterocycles. The average molecular weight is 235 g/mol. The van der Waals surface area contributed by atoms with Crippen molar-refractivity contribution in [1.29, 1.82) is 0 Å². The Balaban J connectivity index is 2.42. The summed E-state index contributed by atoms with van der Waals surface area (Å²) in [5.74, 6) is 0. The van der Waals surface area contributed by atoms with Crippen molar-refractivity contribution in [2.45, 2.75) is 13.3 Å². The number of rotatable bonds is 4. The largest absolute Gasteiger partial charge is 0.256 e. The standard InChI is InChI=1S/C17H17N/c1-2-3-14-18-17(15-10-6-4-7-11-15)16-12-8-5-9-13-16/h3-14H,2H2,1H3/b14-3+. The molecule has 90 valence electrons. The van der Waals surface area contributed by atoms with Crippen molar-refractivity contribution >= 4 is 5.71 Å². The van der Waals surface area contributed by atoms with Gasteiger partial charge in [0.2, 0.25) is 0 Å². The van der Waals surface area contributed by atoms with Crippen LogP contribution in [-0.2, 0) is 0 Å². The topological polar surface area (TPSA) is 12.4 Å². The normalized spacial score (nSPS) is 10.5. The third-order valence-corrected chi connectivity index (χ3v) is 2.64. The Labute approximate surface area is 109 Å². The summed E-state index contributed by atoms with van der Waals surface area (Å²) in [5.41, 5.74) is 3.30. The van der Waals surface area contributed by atoms with E-state index in [9.17, 15) is 0 Å². The summed E-state index contributed by atoms with van der Waals surface area (Å²) in [6.45, 7) is 2.11. The summed E-state index contributed by atoms with van der Waals surface area (Å²) < 4.78 is 0. The minimum atomic E-state index is 1.00. The summed E-state index contributed by atoms with van der Waals surface area (Å²) >= 11 is 0. The van der Waals surface area contributed by atoms with Crippen LogP contribution >= 0.6 is 0 Å². The molecule has 18 heavy (non-hydrogen) atoms. The highest BCUT2D eigenvalue weighted by Crippen LogP contribution is 2.11. The van der Waals surface area contributed by atoms with Gasteiger partial charge in [-0.15, -0.1) is 0 Å². The molecule has 0 amide bonds. The van der Waals surface area contributed by atoms with Gasteiger partial charge in [-0.2, -0.15) is 0 Å². The van der Waals surface area contributed by atoms with Crippen molar-refractivity contribution in [2.75, 3.05) is 0 Å². The van der Waals surface area contributed by atoms with Gasteiger partial charge in [-0.3, -0.25) is 4.99 Å². The van der Waals surface area contributed by atoms with Crippen molar-refractivity contribution < 1.29 is 0 Å². The molecule has 0 spiro atoms. The molecule has 0 bridgehead atoms. The quantitative estimate of drug-likeness (QED) is 0.694. The fourth-order valence-electron chi connectivity index (χ4n) is 1.74. The highest BCUT2D eigenvalue weighted by Gasteiger charge is 2.04. The van der Waals surface area contributed by atoms with Crippen molar-refractivity contribution in [3.05, 3.63) is 84.1 Å². The van der Waals surface area contributed by atoms with Crippen LogP contribution in [0.2, 0.25) is 0 Å². The van der Waals surface area contributed by atoms with Gasteiger partial charge in [0, 0.05) is 17.3 Å². The van der Waals surface area contributed by atoms with Gasteiger partial charge < -0.3 is 0 Å². The predicted molar refractivity (Wildman–Crippen MR) is 78.0 cm³/mol. The van der Waals surface area contributed by atoms with E-state index in [2.05, 4.69) is 42.3 Å². The number of aliphatic imine (C=N–C) groups is 1. The van der Waals surface area contributed by atoms with Gasteiger partial charge in [0.05, 0.1) is 5.71 Å². The van der Waals surface area contributed by atoms with E-state index in [4.69, 9.17) is 0 Å². The zero-order valence-corrected chi connectivity index (χ0v) is 10.6. The van der Waals surface area contributed by atoms with Crippen LogP contribution in [0.4, 0.5) is 0 Å². The van der Waals surface area contributed by atoms with Crippen LogP contribution in [0.1, 0.15) is 24.5 Å². The molecule has 0 aliphatic heterocycles. The van der Waals surface area contributed by atoms with E-state index in [1.54, 1.807) is 0 Å². The Morgan fingerprint density at radius 3 is 1.83 bits per heavy atom. The maximum Gasteiger partial charge on any atom is 0.0774 e. The summed E-state index contributed by atoms with van der Waals surface area (Å²) in [6.07, 6.45) is 4.95. The maximum atomic E-state index is 4.59. The first-order chi connectivity index (χ1) is 8.92. The van der Waals surface area contributed by atoms with Crippen LogP contribution in [0, 0.1) is 0 Å². The summed E-state index contributed by atoms with van der Waals surface area (Å²) in [4.78, 5) is 4.59. The molecule has 0 heterocycles. The molecular formula is C17H17N. The molecule has 2 rings (SSSR count). The van der Waals surface area contributed by atoms with Gasteiger partial charge >= 0.3 is 0 Å². The van der Waals surface area contributed by atoms with Crippen LogP contribution < -0.4 is 0 Å². The van der Waals surface area contributed by atoms with E-state index in [-0.39, 0.29) is 0 Å². The first-order valence-electron chi connectivity index (χ1n) is 6.25. The zero-order chi connectivity index (χ0) is 12.6. The van der Waals surface area contributed by atoms with Gasteiger partial charge in [-0.25, -0.2) is 0 Å². The maximum absolute atomic E-state index is 4.59. The first-order valence-corrected chi connectivity index (χ1v) is 6.25. The van der Waals surface area contributed by atoms with E-state index in [1.807, 2.05) is 42.6 Å². The molecular weight excluding hydrogens is 218 g/mol. The van der Waals surface area contributed by atoms with Crippen molar-refractivity contribution in [3.8, 4) is 0 Å². The molecule has 0 aliphatic rings. The van der Waals surface area contributed by atoms with Gasteiger partial charge in [-0.1, -0.05) is 73.7 Å². The molecule has 2 aromatic rings. The minimum absolute atomic E-state index is 1.00. The molecule has 0 radical (unpaired) electrons. The number of hydrogen-bond donors (Lipinski definition) is 0. The SMILES string of the molecule is CC/C=C/N=C(c1ccccc1)c1ccccc1. The average Bonchev–Trinajstić information content (AvgIpc) is 2.46. The molecule has 2 aromatic carbocycles. The molecule has 1 nitrogen and oxygen atoms in total. The fraction of sp³-hybridized carbons (Fsp3) is 0.118. The van der Waals surface area contributed by atoms with Crippen LogP contribution in [-0.4, -0.2) is 5.71 Å². The molecule has 0 saturated heterocycles. The molecule has 0 aliphatic carbocycles. The Morgan fingerprint density at radius 1 is 0.889 bits per heavy atom. The molecule has 0 N–H and O–H groups in total. The van der Waals surface area contributed by atoms with E-state index >= 15 is 0 Å². The summed E-state index contributed by atoms with van der Waals surface area (Å²) in [7, 11) is 0. The summed E-state index contributed by atoms with van der Waals surface area (Å²) in [5, 5.41) is 0. The molecule has 0 unspecified atom stereocenters. The first kappa shape index (κ1) is 12.3. The third-order valence-electron chi connectivity index (χ3n) is 2.64. The Morgan fingerprint density at radius 2 is 1.39 bits per heavy atom. The van der Waals surface area contributed by atoms with Crippen molar-refractivity contribution in [1.82, 2.24) is 0 Å². The Hall–Kier alpha value is -2.15. The lowest BCUT2D eigenvalue weighted by Crippen LogP contribution is -2.02. The lowest BCUT2D eigenvalue weighted by Gasteiger charge is -2.05. The van der Waals surface area contributed by atoms with Gasteiger partial charge in [0.15, 0.2) is 0 Å². The zero-order valence-electron chi connectivity index (χ0n) is 10.6. The predicted octanol–water partition coefficient (Wildman–Crippen LogP) is 4.45. The van der Waals surface area contributed by atoms with Crippen molar-refractivity contribution in [2.24, 2.45) is 4.99 Å². The van der Waals surface area contributed by atoms with Gasteiger partial charge in [0.25, 0.3) is 0 Å². The number of allylic oxidation sites excluding steroid dienone is 1. The lowest BCUT2D eigenvalue weighted by atomic mass is 10.0. The number of benzene rings is 2. The Kier molecular flexibility index (Phi) is 4.48. The number of nitrogens with zero attached hydrogens (tertiary/aromatic N) is 1. The fourth-order valence-corrected chi connectivity index (χ4v) is 1.74. The second kappa shape index (κ2) is 6.55. The van der Waals surface area contributed by atoms with Crippen LogP contribution in [0.5, 0.6) is 0 Å². The molecule has 1 heteroatoms. The third kappa shape index (κ3) is 3.17. The number of hydrogen-bond acceptors (Lipinski definition) is 1. The molecule has 0 atom stereocenters. The smallest absolute Gasteiger partial charge is 0.0774 e. The minimum Gasteiger partial charge on any atom is -0.256 e. The van der Waals surface area contributed by atoms with Crippen LogP contribution in [0.15, 0.2) is 77.9 Å². The van der Waals surface area contributed by atoms with E-state index in [0.29, 0.717) is 0 Å². The van der Waals surface area contributed by atoms with Crippen LogP contribution in [0.25, 0.3) is 0 Å². The van der Waals surface area contributed by atoms with Crippen molar-refractivity contribution in [3.63, 3.8) is 0 Å². The summed E-state index contributed by atoms with van der Waals surface area (Å²) in [6, 6.07) is 20.6. The second-order valence-corrected chi connectivity index (χ2v) is 4.00. The van der Waals surface area contributed by atoms with E-state index < -0.39 is 0 Å². The molecule has 0 fully saturated rings. The van der Waals surface area contributed by atoms with Gasteiger partial charge in [0.1, 0.15) is 0 Å². The van der Waals surface area contributed by atoms with Gasteiger partial charge in [-0.05, 0) is 6.42 Å². The van der Waals surface area contributed by atoms with Crippen LogP contribution in [0.3, 0.4) is 0 Å². The second-order valence-electron chi connectivity index (χ2n) is 4.00. The monoisotopic (exact) mass is 235 g/mol. The van der Waals surface area contributed by atoms with E-state index in [0.717, 1.165) is 23.3 Å². The highest BCUT2D eigenvalue weighted by atomic mass is 14.7. The Bertz CT molecular complexity index is 483.